The number of hydrogen-bond acceptors (Lipinski definition) is 2. The molecule has 0 radical (unpaired) electrons. The van der Waals surface area contributed by atoms with Gasteiger partial charge in [0.05, 0.1) is 11.5 Å². The van der Waals surface area contributed by atoms with Crippen LogP contribution >= 0.6 is 0 Å². The first-order valence-electron chi connectivity index (χ1n) is 5.87. The molecule has 88 valence electrons. The number of nitriles is 1. The van der Waals surface area contributed by atoms with Crippen LogP contribution in [0, 0.1) is 16.7 Å². The maximum absolute atomic E-state index is 8.90. The molecule has 0 aliphatic carbocycles. The molecular weight excluding hydrogens is 184 g/mol. The van der Waals surface area contributed by atoms with Crippen LogP contribution in [-0.2, 0) is 0 Å². The summed E-state index contributed by atoms with van der Waals surface area (Å²) in [5.41, 5.74) is 0.105. The van der Waals surface area contributed by atoms with Gasteiger partial charge in [-0.15, -0.1) is 0 Å². The highest BCUT2D eigenvalue weighted by atomic mass is 15.2. The molecule has 0 atom stereocenters. The monoisotopic (exact) mass is 210 g/mol. The van der Waals surface area contributed by atoms with E-state index in [2.05, 4.69) is 38.8 Å². The van der Waals surface area contributed by atoms with Gasteiger partial charge in [-0.1, -0.05) is 6.92 Å². The highest BCUT2D eigenvalue weighted by Gasteiger charge is 2.22. The molecule has 0 fully saturated rings. The highest BCUT2D eigenvalue weighted by molar-refractivity contribution is 4.91. The molecule has 0 aromatic rings. The molecule has 0 aliphatic rings. The van der Waals surface area contributed by atoms with E-state index in [9.17, 15) is 0 Å². The molecule has 0 spiro atoms. The van der Waals surface area contributed by atoms with Crippen LogP contribution in [0.1, 0.15) is 53.9 Å². The lowest BCUT2D eigenvalue weighted by atomic mass is 9.89. The lowest BCUT2D eigenvalue weighted by molar-refractivity contribution is 0.144. The van der Waals surface area contributed by atoms with Gasteiger partial charge in [-0.25, -0.2) is 0 Å². The van der Waals surface area contributed by atoms with E-state index in [4.69, 9.17) is 5.26 Å². The SMILES string of the molecule is CCC(C)(C)N(C)CCCC(C)(C)C#N. The predicted molar refractivity (Wildman–Crippen MR) is 65.6 cm³/mol. The molecule has 0 aromatic heterocycles. The largest absolute Gasteiger partial charge is 0.301 e. The Morgan fingerprint density at radius 3 is 2.13 bits per heavy atom. The number of rotatable bonds is 6. The highest BCUT2D eigenvalue weighted by Crippen LogP contribution is 2.22. The molecule has 0 bridgehead atoms. The summed E-state index contributed by atoms with van der Waals surface area (Å²) in [5, 5.41) is 8.90. The van der Waals surface area contributed by atoms with Crippen LogP contribution in [-0.4, -0.2) is 24.0 Å². The van der Waals surface area contributed by atoms with E-state index in [0.29, 0.717) is 0 Å². The van der Waals surface area contributed by atoms with Crippen molar-refractivity contribution in [3.05, 3.63) is 0 Å². The van der Waals surface area contributed by atoms with Gasteiger partial charge in [0.15, 0.2) is 0 Å². The third-order valence-corrected chi connectivity index (χ3v) is 3.50. The van der Waals surface area contributed by atoms with Crippen LogP contribution < -0.4 is 0 Å². The van der Waals surface area contributed by atoms with Gasteiger partial charge in [-0.2, -0.15) is 5.26 Å². The Kier molecular flexibility index (Phi) is 5.31. The van der Waals surface area contributed by atoms with Crippen molar-refractivity contribution in [2.75, 3.05) is 13.6 Å². The lowest BCUT2D eigenvalue weighted by Crippen LogP contribution is -2.41. The zero-order chi connectivity index (χ0) is 12.1. The van der Waals surface area contributed by atoms with Crippen LogP contribution in [0.15, 0.2) is 0 Å². The second-order valence-corrected chi connectivity index (χ2v) is 5.69. The van der Waals surface area contributed by atoms with Gasteiger partial charge in [-0.3, -0.25) is 0 Å². The van der Waals surface area contributed by atoms with Crippen LogP contribution in [0.5, 0.6) is 0 Å². The average Bonchev–Trinajstić information content (AvgIpc) is 2.17. The normalized spacial score (nSPS) is 12.9. The van der Waals surface area contributed by atoms with E-state index in [1.807, 2.05) is 13.8 Å². The molecule has 0 N–H and O–H groups in total. The quantitative estimate of drug-likeness (QED) is 0.671. The molecule has 0 aromatic carbocycles. The Balaban J connectivity index is 3.94. The van der Waals surface area contributed by atoms with E-state index >= 15 is 0 Å². The fourth-order valence-electron chi connectivity index (χ4n) is 1.39. The van der Waals surface area contributed by atoms with Gasteiger partial charge in [0.1, 0.15) is 0 Å². The fraction of sp³-hybridized carbons (Fsp3) is 0.923. The predicted octanol–water partition coefficient (Wildman–Crippen LogP) is 3.44. The van der Waals surface area contributed by atoms with E-state index in [0.717, 1.165) is 25.8 Å². The molecular formula is C13H26N2. The molecule has 15 heavy (non-hydrogen) atoms. The maximum Gasteiger partial charge on any atom is 0.0683 e. The Bertz CT molecular complexity index is 223. The first kappa shape index (κ1) is 14.5. The molecule has 0 rings (SSSR count). The van der Waals surface area contributed by atoms with E-state index in [1.54, 1.807) is 0 Å². The summed E-state index contributed by atoms with van der Waals surface area (Å²) < 4.78 is 0. The standard InChI is InChI=1S/C13H26N2/c1-7-13(4,5)15(6)10-8-9-12(2,3)11-14/h7-10H2,1-6H3. The Morgan fingerprint density at radius 1 is 1.20 bits per heavy atom. The Labute approximate surface area is 95.3 Å². The first-order chi connectivity index (χ1) is 6.75. The smallest absolute Gasteiger partial charge is 0.0683 e. The van der Waals surface area contributed by atoms with Crippen LogP contribution in [0.2, 0.25) is 0 Å². The average molecular weight is 210 g/mol. The van der Waals surface area contributed by atoms with Crippen molar-refractivity contribution in [3.63, 3.8) is 0 Å². The minimum Gasteiger partial charge on any atom is -0.301 e. The van der Waals surface area contributed by atoms with E-state index in [-0.39, 0.29) is 11.0 Å². The summed E-state index contributed by atoms with van der Waals surface area (Å²) in [6.45, 7) is 11.8. The van der Waals surface area contributed by atoms with Crippen molar-refractivity contribution in [3.8, 4) is 6.07 Å². The second-order valence-electron chi connectivity index (χ2n) is 5.69. The van der Waals surface area contributed by atoms with Gasteiger partial charge in [-0.05, 0) is 60.5 Å². The minimum atomic E-state index is -0.169. The van der Waals surface area contributed by atoms with Crippen molar-refractivity contribution in [1.29, 1.82) is 5.26 Å². The van der Waals surface area contributed by atoms with Crippen LogP contribution in [0.3, 0.4) is 0 Å². The molecule has 0 unspecified atom stereocenters. The second kappa shape index (κ2) is 5.51. The van der Waals surface area contributed by atoms with Crippen molar-refractivity contribution in [2.24, 2.45) is 5.41 Å². The summed E-state index contributed by atoms with van der Waals surface area (Å²) >= 11 is 0. The summed E-state index contributed by atoms with van der Waals surface area (Å²) in [5.74, 6) is 0. The molecule has 0 aliphatic heterocycles. The van der Waals surface area contributed by atoms with Gasteiger partial charge in [0.25, 0.3) is 0 Å². The third kappa shape index (κ3) is 5.18. The number of nitrogens with zero attached hydrogens (tertiary/aromatic N) is 2. The molecule has 0 heterocycles. The molecule has 2 nitrogen and oxygen atoms in total. The van der Waals surface area contributed by atoms with Crippen LogP contribution in [0.4, 0.5) is 0 Å². The summed E-state index contributed by atoms with van der Waals surface area (Å²) in [6, 6.07) is 2.35. The van der Waals surface area contributed by atoms with Crippen molar-refractivity contribution >= 4 is 0 Å². The van der Waals surface area contributed by atoms with Gasteiger partial charge in [0.2, 0.25) is 0 Å². The Hall–Kier alpha value is -0.550. The molecule has 0 saturated heterocycles. The van der Waals surface area contributed by atoms with Crippen LogP contribution in [0.25, 0.3) is 0 Å². The zero-order valence-electron chi connectivity index (χ0n) is 11.2. The topological polar surface area (TPSA) is 27.0 Å². The van der Waals surface area contributed by atoms with Crippen molar-refractivity contribution < 1.29 is 0 Å². The summed E-state index contributed by atoms with van der Waals surface area (Å²) in [7, 11) is 2.17. The zero-order valence-corrected chi connectivity index (χ0v) is 11.2. The minimum absolute atomic E-state index is 0.169. The summed E-state index contributed by atoms with van der Waals surface area (Å²) in [6.07, 6.45) is 3.24. The molecule has 2 heteroatoms. The molecule has 0 amide bonds. The van der Waals surface area contributed by atoms with E-state index < -0.39 is 0 Å². The number of hydrogen-bond donors (Lipinski definition) is 0. The lowest BCUT2D eigenvalue weighted by Gasteiger charge is -2.35. The third-order valence-electron chi connectivity index (χ3n) is 3.50. The van der Waals surface area contributed by atoms with Crippen molar-refractivity contribution in [2.45, 2.75) is 59.4 Å². The maximum atomic E-state index is 8.90. The van der Waals surface area contributed by atoms with Crippen molar-refractivity contribution in [1.82, 2.24) is 4.90 Å². The van der Waals surface area contributed by atoms with Gasteiger partial charge in [0, 0.05) is 5.54 Å². The fourth-order valence-corrected chi connectivity index (χ4v) is 1.39. The van der Waals surface area contributed by atoms with E-state index in [1.165, 1.54) is 0 Å². The van der Waals surface area contributed by atoms with Gasteiger partial charge < -0.3 is 4.90 Å². The van der Waals surface area contributed by atoms with Gasteiger partial charge >= 0.3 is 0 Å². The first-order valence-corrected chi connectivity index (χ1v) is 5.87. The summed E-state index contributed by atoms with van der Waals surface area (Å²) in [4.78, 5) is 2.39. The molecule has 0 saturated carbocycles. The Morgan fingerprint density at radius 2 is 1.73 bits per heavy atom.